The van der Waals surface area contributed by atoms with Gasteiger partial charge in [0.2, 0.25) is 5.78 Å². The summed E-state index contributed by atoms with van der Waals surface area (Å²) in [6.45, 7) is 0. The molecule has 4 aromatic rings. The second-order valence-corrected chi connectivity index (χ2v) is 8.34. The van der Waals surface area contributed by atoms with Crippen LogP contribution in [0.3, 0.4) is 0 Å². The van der Waals surface area contributed by atoms with Crippen LogP contribution in [0.2, 0.25) is 10.0 Å². The summed E-state index contributed by atoms with van der Waals surface area (Å²) in [6.07, 6.45) is 0. The van der Waals surface area contributed by atoms with Gasteiger partial charge in [-0.2, -0.15) is 0 Å². The Hall–Kier alpha value is -3.61. The van der Waals surface area contributed by atoms with Gasteiger partial charge in [-0.05, 0) is 48.5 Å². The van der Waals surface area contributed by atoms with E-state index in [9.17, 15) is 19.1 Å². The van der Waals surface area contributed by atoms with Crippen LogP contribution < -0.4 is 4.90 Å². The lowest BCUT2D eigenvalue weighted by molar-refractivity contribution is -0.117. The van der Waals surface area contributed by atoms with Crippen LogP contribution in [-0.4, -0.2) is 16.8 Å². The summed E-state index contributed by atoms with van der Waals surface area (Å²) < 4.78 is 20.6. The predicted molar refractivity (Wildman–Crippen MR) is 123 cm³/mol. The summed E-state index contributed by atoms with van der Waals surface area (Å²) in [5.74, 6) is -3.14. The Morgan fingerprint density at radius 3 is 2.48 bits per heavy atom. The zero-order valence-electron chi connectivity index (χ0n) is 16.8. The largest absolute Gasteiger partial charge is 0.503 e. The Morgan fingerprint density at radius 2 is 1.73 bits per heavy atom. The number of aliphatic hydroxyl groups is 1. The molecule has 3 aromatic carbocycles. The third-order valence-electron chi connectivity index (χ3n) is 5.44. The van der Waals surface area contributed by atoms with Crippen LogP contribution in [0.4, 0.5) is 10.1 Å². The monoisotopic (exact) mass is 481 g/mol. The normalized spacial score (nSPS) is 16.2. The standard InChI is InChI=1S/C25H14Cl2FNO4/c26-14-4-3-5-16(12-14)29-22(17-6-1-2-7-18(17)28)21(24(31)25(29)32)23(30)20-11-13-10-15(27)8-9-19(13)33-20/h1-12,22,31H. The number of rotatable bonds is 4. The minimum atomic E-state index is -1.23. The summed E-state index contributed by atoms with van der Waals surface area (Å²) in [5, 5.41) is 12.1. The summed E-state index contributed by atoms with van der Waals surface area (Å²) in [6, 6.07) is 17.1. The molecule has 0 saturated carbocycles. The number of hydrogen-bond donors (Lipinski definition) is 1. The molecule has 1 unspecified atom stereocenters. The number of aliphatic hydroxyl groups excluding tert-OH is 1. The van der Waals surface area contributed by atoms with Gasteiger partial charge in [-0.3, -0.25) is 14.5 Å². The quantitative estimate of drug-likeness (QED) is 0.330. The van der Waals surface area contributed by atoms with Gasteiger partial charge < -0.3 is 9.52 Å². The number of carbonyl (C=O) groups is 2. The molecule has 5 nitrogen and oxygen atoms in total. The number of nitrogens with zero attached hydrogens (tertiary/aromatic N) is 1. The predicted octanol–water partition coefficient (Wildman–Crippen LogP) is 6.66. The zero-order valence-corrected chi connectivity index (χ0v) is 18.3. The van der Waals surface area contributed by atoms with E-state index < -0.39 is 29.3 Å². The van der Waals surface area contributed by atoms with E-state index in [4.69, 9.17) is 27.6 Å². The van der Waals surface area contributed by atoms with Crippen LogP contribution in [0.25, 0.3) is 11.0 Å². The Labute approximate surface area is 197 Å². The van der Waals surface area contributed by atoms with Crippen LogP contribution in [0.15, 0.2) is 88.5 Å². The lowest BCUT2D eigenvalue weighted by atomic mass is 9.94. The maximum atomic E-state index is 14.9. The lowest BCUT2D eigenvalue weighted by Gasteiger charge is -2.27. The second kappa shape index (κ2) is 8.06. The van der Waals surface area contributed by atoms with Crippen LogP contribution >= 0.6 is 23.2 Å². The second-order valence-electron chi connectivity index (χ2n) is 7.46. The SMILES string of the molecule is O=C(C1=C(O)C(=O)N(c2cccc(Cl)c2)C1c1ccccc1F)c1cc2cc(Cl)ccc2o1. The highest BCUT2D eigenvalue weighted by Gasteiger charge is 2.46. The van der Waals surface area contributed by atoms with Crippen molar-refractivity contribution in [2.24, 2.45) is 0 Å². The zero-order chi connectivity index (χ0) is 23.3. The molecule has 164 valence electrons. The van der Waals surface area contributed by atoms with Crippen molar-refractivity contribution in [1.82, 2.24) is 0 Å². The molecule has 0 saturated heterocycles. The molecule has 1 aliphatic heterocycles. The van der Waals surface area contributed by atoms with E-state index in [0.29, 0.717) is 26.7 Å². The van der Waals surface area contributed by atoms with Crippen molar-refractivity contribution in [2.45, 2.75) is 6.04 Å². The Bertz CT molecular complexity index is 1480. The first kappa shape index (κ1) is 21.2. The average Bonchev–Trinajstić information content (AvgIpc) is 3.32. The van der Waals surface area contributed by atoms with E-state index >= 15 is 0 Å². The molecule has 0 radical (unpaired) electrons. The van der Waals surface area contributed by atoms with Gasteiger partial charge in [0.05, 0.1) is 11.6 Å². The third kappa shape index (κ3) is 3.57. The number of amides is 1. The van der Waals surface area contributed by atoms with E-state index in [1.54, 1.807) is 42.5 Å². The first-order chi connectivity index (χ1) is 15.8. The number of fused-ring (bicyclic) bond motifs is 1. The molecule has 1 N–H and O–H groups in total. The van der Waals surface area contributed by atoms with E-state index in [-0.39, 0.29) is 16.9 Å². The van der Waals surface area contributed by atoms with Crippen molar-refractivity contribution in [3.8, 4) is 0 Å². The number of anilines is 1. The van der Waals surface area contributed by atoms with Crippen LogP contribution in [0.5, 0.6) is 0 Å². The molecular formula is C25H14Cl2FNO4. The molecular weight excluding hydrogens is 468 g/mol. The molecule has 0 bridgehead atoms. The van der Waals surface area contributed by atoms with E-state index in [0.717, 1.165) is 4.90 Å². The average molecular weight is 482 g/mol. The smallest absolute Gasteiger partial charge is 0.294 e. The minimum Gasteiger partial charge on any atom is -0.503 e. The topological polar surface area (TPSA) is 70.8 Å². The Balaban J connectivity index is 1.69. The number of benzene rings is 3. The minimum absolute atomic E-state index is 0.0392. The van der Waals surface area contributed by atoms with E-state index in [1.807, 2.05) is 0 Å². The number of carbonyl (C=O) groups excluding carboxylic acids is 2. The summed E-state index contributed by atoms with van der Waals surface area (Å²) in [4.78, 5) is 27.8. The van der Waals surface area contributed by atoms with Gasteiger partial charge in [0, 0.05) is 26.7 Å². The highest BCUT2D eigenvalue weighted by Crippen LogP contribution is 2.43. The van der Waals surface area contributed by atoms with E-state index in [1.165, 1.54) is 30.3 Å². The molecule has 33 heavy (non-hydrogen) atoms. The molecule has 0 aliphatic carbocycles. The summed E-state index contributed by atoms with van der Waals surface area (Å²) in [5.41, 5.74) is 0.445. The van der Waals surface area contributed by atoms with Crippen molar-refractivity contribution in [3.05, 3.63) is 111 Å². The molecule has 1 aliphatic rings. The highest BCUT2D eigenvalue weighted by molar-refractivity contribution is 6.31. The molecule has 1 atom stereocenters. The molecule has 0 spiro atoms. The van der Waals surface area contributed by atoms with Gasteiger partial charge in [0.1, 0.15) is 11.4 Å². The lowest BCUT2D eigenvalue weighted by Crippen LogP contribution is -2.31. The maximum Gasteiger partial charge on any atom is 0.294 e. The molecule has 2 heterocycles. The Kier molecular flexibility index (Phi) is 5.19. The fraction of sp³-hybridized carbons (Fsp3) is 0.0400. The molecule has 1 amide bonds. The summed E-state index contributed by atoms with van der Waals surface area (Å²) >= 11 is 12.1. The van der Waals surface area contributed by atoms with Gasteiger partial charge in [-0.1, -0.05) is 47.5 Å². The fourth-order valence-corrected chi connectivity index (χ4v) is 4.34. The third-order valence-corrected chi connectivity index (χ3v) is 5.91. The molecule has 0 fully saturated rings. The van der Waals surface area contributed by atoms with Crippen LogP contribution in [-0.2, 0) is 4.79 Å². The molecule has 1 aromatic heterocycles. The van der Waals surface area contributed by atoms with Crippen molar-refractivity contribution in [1.29, 1.82) is 0 Å². The van der Waals surface area contributed by atoms with Gasteiger partial charge in [-0.15, -0.1) is 0 Å². The van der Waals surface area contributed by atoms with Crippen molar-refractivity contribution in [2.75, 3.05) is 4.90 Å². The first-order valence-electron chi connectivity index (χ1n) is 9.85. The number of furan rings is 1. The van der Waals surface area contributed by atoms with Crippen LogP contribution in [0.1, 0.15) is 22.2 Å². The van der Waals surface area contributed by atoms with Gasteiger partial charge in [0.25, 0.3) is 5.91 Å². The fourth-order valence-electron chi connectivity index (χ4n) is 3.98. The van der Waals surface area contributed by atoms with Gasteiger partial charge in [-0.25, -0.2) is 4.39 Å². The summed E-state index contributed by atoms with van der Waals surface area (Å²) in [7, 11) is 0. The highest BCUT2D eigenvalue weighted by atomic mass is 35.5. The number of Topliss-reactive ketones (excluding diaryl/α,β-unsaturated/α-hetero) is 1. The van der Waals surface area contributed by atoms with Crippen molar-refractivity contribution in [3.63, 3.8) is 0 Å². The van der Waals surface area contributed by atoms with Crippen LogP contribution in [0, 0.1) is 5.82 Å². The number of halogens is 3. The number of ketones is 1. The van der Waals surface area contributed by atoms with Crippen molar-refractivity contribution >= 4 is 51.5 Å². The Morgan fingerprint density at radius 1 is 0.970 bits per heavy atom. The van der Waals surface area contributed by atoms with Gasteiger partial charge in [0.15, 0.2) is 11.5 Å². The maximum absolute atomic E-state index is 14.9. The van der Waals surface area contributed by atoms with Gasteiger partial charge >= 0.3 is 0 Å². The van der Waals surface area contributed by atoms with E-state index in [2.05, 4.69) is 0 Å². The molecule has 8 heteroatoms. The molecule has 5 rings (SSSR count). The number of hydrogen-bond acceptors (Lipinski definition) is 4. The first-order valence-corrected chi connectivity index (χ1v) is 10.6. The van der Waals surface area contributed by atoms with Crippen molar-refractivity contribution < 1.29 is 23.5 Å².